The summed E-state index contributed by atoms with van der Waals surface area (Å²) in [6.45, 7) is 8.91. The minimum Gasteiger partial charge on any atom is -0.480 e. The van der Waals surface area contributed by atoms with Crippen molar-refractivity contribution in [1.82, 2.24) is 9.55 Å². The van der Waals surface area contributed by atoms with Crippen LogP contribution in [0.15, 0.2) is 34.4 Å². The van der Waals surface area contributed by atoms with Crippen LogP contribution < -0.4 is 5.56 Å². The number of nitrogens with zero attached hydrogens (tertiary/aromatic N) is 2. The number of carbonyl (C=O) groups is 1. The molecule has 6 heteroatoms. The predicted octanol–water partition coefficient (Wildman–Crippen LogP) is 4.38. The Labute approximate surface area is 155 Å². The summed E-state index contributed by atoms with van der Waals surface area (Å²) in [5, 5.41) is 12.1. The zero-order valence-electron chi connectivity index (χ0n) is 15.5. The second-order valence-electron chi connectivity index (χ2n) is 7.32. The lowest BCUT2D eigenvalue weighted by Crippen LogP contribution is -2.45. The smallest absolute Gasteiger partial charge is 0.329 e. The van der Waals surface area contributed by atoms with E-state index >= 15 is 0 Å². The van der Waals surface area contributed by atoms with Gasteiger partial charge in [-0.2, -0.15) is 0 Å². The molecule has 0 aliphatic heterocycles. The van der Waals surface area contributed by atoms with Crippen molar-refractivity contribution in [3.8, 4) is 11.1 Å². The number of benzene rings is 1. The van der Waals surface area contributed by atoms with Gasteiger partial charge >= 0.3 is 5.97 Å². The van der Waals surface area contributed by atoms with E-state index < -0.39 is 11.5 Å². The largest absolute Gasteiger partial charge is 0.480 e. The Morgan fingerprint density at radius 3 is 2.38 bits per heavy atom. The monoisotopic (exact) mass is 370 g/mol. The number of fused-ring (bicyclic) bond motifs is 1. The fraction of sp³-hybridized carbons (Fsp3) is 0.350. The molecule has 1 aromatic carbocycles. The van der Waals surface area contributed by atoms with Crippen LogP contribution in [0.2, 0.25) is 0 Å². The van der Waals surface area contributed by atoms with Gasteiger partial charge in [0.1, 0.15) is 16.2 Å². The summed E-state index contributed by atoms with van der Waals surface area (Å²) in [5.41, 5.74) is 1.18. The number of carboxylic acid groups (broad SMARTS) is 1. The van der Waals surface area contributed by atoms with Crippen molar-refractivity contribution in [1.29, 1.82) is 0 Å². The fourth-order valence-corrected chi connectivity index (χ4v) is 3.92. The Bertz CT molecular complexity index is 1040. The van der Waals surface area contributed by atoms with Crippen molar-refractivity contribution < 1.29 is 9.90 Å². The first-order valence-corrected chi connectivity index (χ1v) is 9.37. The minimum absolute atomic E-state index is 0.0735. The fourth-order valence-electron chi connectivity index (χ4n) is 2.98. The number of thiophene rings is 1. The Kier molecular flexibility index (Phi) is 4.48. The summed E-state index contributed by atoms with van der Waals surface area (Å²) in [4.78, 5) is 30.5. The molecule has 3 rings (SSSR count). The van der Waals surface area contributed by atoms with E-state index in [0.717, 1.165) is 16.7 Å². The molecule has 2 heterocycles. The molecule has 0 radical (unpaired) electrons. The molecule has 0 aliphatic rings. The van der Waals surface area contributed by atoms with Crippen LogP contribution in [0, 0.1) is 6.92 Å². The van der Waals surface area contributed by atoms with Crippen molar-refractivity contribution in [3.05, 3.63) is 51.4 Å². The quantitative estimate of drug-likeness (QED) is 0.740. The van der Waals surface area contributed by atoms with Crippen molar-refractivity contribution in [2.75, 3.05) is 0 Å². The van der Waals surface area contributed by atoms with Gasteiger partial charge in [-0.15, -0.1) is 11.3 Å². The van der Waals surface area contributed by atoms with Crippen LogP contribution in [-0.4, -0.2) is 20.6 Å². The maximum absolute atomic E-state index is 13.4. The number of aliphatic carboxylic acids is 1. The second-order valence-corrected chi connectivity index (χ2v) is 8.18. The predicted molar refractivity (Wildman–Crippen MR) is 105 cm³/mol. The lowest BCUT2D eigenvalue weighted by Gasteiger charge is -2.27. The van der Waals surface area contributed by atoms with Crippen LogP contribution in [0.25, 0.3) is 21.3 Å². The lowest BCUT2D eigenvalue weighted by molar-refractivity contribution is -0.146. The summed E-state index contributed by atoms with van der Waals surface area (Å²) >= 11 is 1.41. The third kappa shape index (κ3) is 2.84. The highest BCUT2D eigenvalue weighted by Gasteiger charge is 2.35. The maximum atomic E-state index is 13.4. The molecule has 0 aliphatic carbocycles. The van der Waals surface area contributed by atoms with Crippen LogP contribution in [-0.2, 0) is 10.3 Å². The first-order valence-electron chi connectivity index (χ1n) is 8.49. The highest BCUT2D eigenvalue weighted by atomic mass is 32.1. The van der Waals surface area contributed by atoms with Gasteiger partial charge in [-0.3, -0.25) is 9.36 Å². The molecule has 3 aromatic rings. The summed E-state index contributed by atoms with van der Waals surface area (Å²) < 4.78 is 1.34. The molecule has 26 heavy (non-hydrogen) atoms. The molecule has 0 saturated heterocycles. The summed E-state index contributed by atoms with van der Waals surface area (Å²) in [6.07, 6.45) is 0. The zero-order chi connectivity index (χ0) is 19.2. The minimum atomic E-state index is -1.38. The molecule has 0 unspecified atom stereocenters. The molecule has 1 N–H and O–H groups in total. The van der Waals surface area contributed by atoms with Gasteiger partial charge in [0.15, 0.2) is 0 Å². The van der Waals surface area contributed by atoms with Gasteiger partial charge < -0.3 is 5.11 Å². The molecule has 2 aromatic heterocycles. The third-order valence-electron chi connectivity index (χ3n) is 4.60. The van der Waals surface area contributed by atoms with Crippen molar-refractivity contribution in [3.63, 3.8) is 0 Å². The molecule has 136 valence electrons. The van der Waals surface area contributed by atoms with Gasteiger partial charge in [-0.1, -0.05) is 43.7 Å². The molecule has 5 nitrogen and oxygen atoms in total. The topological polar surface area (TPSA) is 72.2 Å². The van der Waals surface area contributed by atoms with E-state index in [4.69, 9.17) is 0 Å². The Morgan fingerprint density at radius 2 is 1.85 bits per heavy atom. The third-order valence-corrected chi connectivity index (χ3v) is 5.47. The van der Waals surface area contributed by atoms with Crippen LogP contribution in [0.1, 0.15) is 45.0 Å². The summed E-state index contributed by atoms with van der Waals surface area (Å²) in [5.74, 6) is -0.641. The van der Waals surface area contributed by atoms with Crippen LogP contribution in [0.4, 0.5) is 0 Å². The van der Waals surface area contributed by atoms with Crippen LogP contribution >= 0.6 is 11.3 Å². The van der Waals surface area contributed by atoms with Crippen LogP contribution in [0.5, 0.6) is 0 Å². The Hall–Kier alpha value is -2.47. The van der Waals surface area contributed by atoms with E-state index in [2.05, 4.69) is 4.98 Å². The molecule has 0 bridgehead atoms. The number of rotatable bonds is 4. The number of hydrogen-bond donors (Lipinski definition) is 1. The van der Waals surface area contributed by atoms with E-state index in [1.165, 1.54) is 29.8 Å². The summed E-state index contributed by atoms with van der Waals surface area (Å²) in [7, 11) is 0. The van der Waals surface area contributed by atoms with Gasteiger partial charge in [-0.05, 0) is 26.3 Å². The molecular formula is C20H22N2O3S. The van der Waals surface area contributed by atoms with E-state index in [0.29, 0.717) is 16.0 Å². The van der Waals surface area contributed by atoms with Crippen LogP contribution in [0.3, 0.4) is 0 Å². The van der Waals surface area contributed by atoms with Crippen molar-refractivity contribution in [2.45, 2.75) is 46.1 Å². The highest BCUT2D eigenvalue weighted by Crippen LogP contribution is 2.33. The molecule has 0 spiro atoms. The van der Waals surface area contributed by atoms with E-state index in [1.807, 2.05) is 50.4 Å². The lowest BCUT2D eigenvalue weighted by atomic mass is 10.0. The number of carboxylic acids is 1. The zero-order valence-corrected chi connectivity index (χ0v) is 16.3. The second kappa shape index (κ2) is 6.36. The first kappa shape index (κ1) is 18.3. The molecule has 0 fully saturated rings. The van der Waals surface area contributed by atoms with Gasteiger partial charge in [0.05, 0.1) is 5.39 Å². The maximum Gasteiger partial charge on any atom is 0.329 e. The van der Waals surface area contributed by atoms with Gasteiger partial charge in [-0.25, -0.2) is 9.78 Å². The standard InChI is InChI=1S/C20H22N2O3S/c1-11(2)16-21-17-15(18(23)22(16)20(4,5)19(24)25)14(10-26-17)13-8-6-12(3)7-9-13/h6-11H,1-5H3,(H,24,25). The number of hydrogen-bond acceptors (Lipinski definition) is 4. The molecule has 0 amide bonds. The van der Waals surface area contributed by atoms with Crippen molar-refractivity contribution in [2.24, 2.45) is 0 Å². The van der Waals surface area contributed by atoms with Gasteiger partial charge in [0.2, 0.25) is 0 Å². The van der Waals surface area contributed by atoms with Gasteiger partial charge in [0.25, 0.3) is 5.56 Å². The average Bonchev–Trinajstić information content (AvgIpc) is 2.99. The van der Waals surface area contributed by atoms with Crippen molar-refractivity contribution >= 4 is 27.5 Å². The van der Waals surface area contributed by atoms with E-state index in [9.17, 15) is 14.7 Å². The number of aryl methyl sites for hydroxylation is 1. The highest BCUT2D eigenvalue weighted by molar-refractivity contribution is 7.17. The number of aromatic nitrogens is 2. The normalized spacial score (nSPS) is 12.1. The summed E-state index contributed by atoms with van der Waals surface area (Å²) in [6, 6.07) is 7.93. The van der Waals surface area contributed by atoms with E-state index in [-0.39, 0.29) is 11.5 Å². The Morgan fingerprint density at radius 1 is 1.23 bits per heavy atom. The molecule has 0 atom stereocenters. The SMILES string of the molecule is Cc1ccc(-c2csc3nc(C(C)C)n(C(C)(C)C(=O)O)c(=O)c23)cc1. The molecule has 0 saturated carbocycles. The average molecular weight is 370 g/mol. The Balaban J connectivity index is 2.40. The molecular weight excluding hydrogens is 348 g/mol. The van der Waals surface area contributed by atoms with E-state index in [1.54, 1.807) is 0 Å². The van der Waals surface area contributed by atoms with Gasteiger partial charge in [0, 0.05) is 16.9 Å². The first-order chi connectivity index (χ1) is 12.1.